The van der Waals surface area contributed by atoms with Crippen molar-refractivity contribution < 1.29 is 29.0 Å². The maximum absolute atomic E-state index is 12.6. The van der Waals surface area contributed by atoms with Crippen LogP contribution in [-0.2, 0) is 14.3 Å². The molecule has 7 heteroatoms. The quantitative estimate of drug-likeness (QED) is 0.445. The van der Waals surface area contributed by atoms with Gasteiger partial charge in [-0.1, -0.05) is 38.8 Å². The molecule has 1 heterocycles. The number of unbranched alkanes of at least 4 members (excludes halogenated alkanes) is 2. The number of hydrogen-bond acceptors (Lipinski definition) is 5. The molecule has 27 heavy (non-hydrogen) atoms. The van der Waals surface area contributed by atoms with Crippen molar-refractivity contribution in [1.82, 2.24) is 4.90 Å². The van der Waals surface area contributed by atoms with Crippen molar-refractivity contribution in [3.05, 3.63) is 35.4 Å². The number of carbonyl (C=O) groups excluding carboxylic acids is 2. The molecule has 0 unspecified atom stereocenters. The molecule has 2 amide bonds. The summed E-state index contributed by atoms with van der Waals surface area (Å²) in [5.74, 6) is -2.03. The minimum Gasteiger partial charge on any atom is -0.479 e. The molecule has 0 fully saturated rings. The van der Waals surface area contributed by atoms with Crippen LogP contribution in [0.4, 0.5) is 0 Å². The molecular weight excluding hydrogens is 350 g/mol. The minimum absolute atomic E-state index is 0.154. The number of carbonyl (C=O) groups is 3. The smallest absolute Gasteiger partial charge is 0.335 e. The number of rotatable bonds is 12. The number of hydrogen-bond donors (Lipinski definition) is 1. The molecule has 0 saturated heterocycles. The van der Waals surface area contributed by atoms with E-state index in [-0.39, 0.29) is 13.2 Å². The standard InChI is InChI=1S/C20H27NO6/c1-3-5-11-26-16(17(20(24)25)27-12-6-4-2)13-21-18(22)14-9-7-8-10-15(14)19(21)23/h7-10,16-17H,3-6,11-13H2,1-2H3,(H,24,25)/t16-,17-/m0/s1. The predicted octanol–water partition coefficient (Wildman–Crippen LogP) is 2.74. The van der Waals surface area contributed by atoms with Crippen molar-refractivity contribution in [2.75, 3.05) is 19.8 Å². The minimum atomic E-state index is -1.24. The Morgan fingerprint density at radius 3 is 2.00 bits per heavy atom. The Bertz CT molecular complexity index is 639. The number of aliphatic carboxylic acids is 1. The van der Waals surface area contributed by atoms with Crippen LogP contribution < -0.4 is 0 Å². The van der Waals surface area contributed by atoms with E-state index in [1.165, 1.54) is 0 Å². The highest BCUT2D eigenvalue weighted by molar-refractivity contribution is 6.21. The van der Waals surface area contributed by atoms with Gasteiger partial charge in [-0.05, 0) is 25.0 Å². The molecule has 1 aromatic rings. The fourth-order valence-electron chi connectivity index (χ4n) is 2.89. The van der Waals surface area contributed by atoms with Crippen LogP contribution in [0, 0.1) is 0 Å². The largest absolute Gasteiger partial charge is 0.479 e. The third-order valence-corrected chi connectivity index (χ3v) is 4.45. The fourth-order valence-corrected chi connectivity index (χ4v) is 2.89. The number of nitrogens with zero attached hydrogens (tertiary/aromatic N) is 1. The second-order valence-electron chi connectivity index (χ2n) is 6.51. The molecule has 7 nitrogen and oxygen atoms in total. The number of imide groups is 1. The summed E-state index contributed by atoms with van der Waals surface area (Å²) in [7, 11) is 0. The molecule has 2 rings (SSSR count). The predicted molar refractivity (Wildman–Crippen MR) is 98.7 cm³/mol. The molecule has 1 aromatic carbocycles. The Labute approximate surface area is 159 Å². The van der Waals surface area contributed by atoms with Gasteiger partial charge in [-0.2, -0.15) is 0 Å². The van der Waals surface area contributed by atoms with E-state index in [2.05, 4.69) is 0 Å². The van der Waals surface area contributed by atoms with Crippen molar-refractivity contribution >= 4 is 17.8 Å². The first-order valence-corrected chi connectivity index (χ1v) is 9.42. The van der Waals surface area contributed by atoms with Crippen LogP contribution in [-0.4, -0.2) is 59.8 Å². The van der Waals surface area contributed by atoms with Gasteiger partial charge >= 0.3 is 5.97 Å². The molecule has 0 aliphatic carbocycles. The van der Waals surface area contributed by atoms with Gasteiger partial charge in [0.2, 0.25) is 0 Å². The van der Waals surface area contributed by atoms with Crippen molar-refractivity contribution in [3.63, 3.8) is 0 Å². The van der Waals surface area contributed by atoms with Crippen LogP contribution in [0.2, 0.25) is 0 Å². The summed E-state index contributed by atoms with van der Waals surface area (Å²) in [6, 6.07) is 6.57. The molecule has 1 N–H and O–H groups in total. The first-order chi connectivity index (χ1) is 13.0. The first kappa shape index (κ1) is 21.1. The van der Waals surface area contributed by atoms with E-state index in [4.69, 9.17) is 9.47 Å². The summed E-state index contributed by atoms with van der Waals surface area (Å²) in [5.41, 5.74) is 0.655. The first-order valence-electron chi connectivity index (χ1n) is 9.42. The summed E-state index contributed by atoms with van der Waals surface area (Å²) in [6.07, 6.45) is 1.06. The lowest BCUT2D eigenvalue weighted by atomic mass is 10.1. The van der Waals surface area contributed by atoms with Gasteiger partial charge in [-0.25, -0.2) is 4.79 Å². The van der Waals surface area contributed by atoms with E-state index >= 15 is 0 Å². The van der Waals surface area contributed by atoms with Crippen molar-refractivity contribution in [1.29, 1.82) is 0 Å². The number of benzene rings is 1. The zero-order valence-electron chi connectivity index (χ0n) is 15.8. The van der Waals surface area contributed by atoms with Crippen LogP contribution in [0.25, 0.3) is 0 Å². The number of carboxylic acid groups (broad SMARTS) is 1. The molecule has 148 valence electrons. The number of fused-ring (bicyclic) bond motifs is 1. The van der Waals surface area contributed by atoms with Gasteiger partial charge < -0.3 is 14.6 Å². The van der Waals surface area contributed by atoms with Crippen LogP contribution in [0.15, 0.2) is 24.3 Å². The van der Waals surface area contributed by atoms with Gasteiger partial charge in [0.1, 0.15) is 6.10 Å². The molecular formula is C20H27NO6. The van der Waals surface area contributed by atoms with Gasteiger partial charge in [-0.15, -0.1) is 0 Å². The lowest BCUT2D eigenvalue weighted by Gasteiger charge is -2.27. The molecule has 0 aromatic heterocycles. The highest BCUT2D eigenvalue weighted by Crippen LogP contribution is 2.24. The van der Waals surface area contributed by atoms with E-state index in [1.807, 2.05) is 13.8 Å². The van der Waals surface area contributed by atoms with E-state index < -0.39 is 30.0 Å². The number of amides is 2. The fraction of sp³-hybridized carbons (Fsp3) is 0.550. The zero-order chi connectivity index (χ0) is 19.8. The number of carboxylic acids is 1. The summed E-state index contributed by atoms with van der Waals surface area (Å²) >= 11 is 0. The third-order valence-electron chi connectivity index (χ3n) is 4.45. The molecule has 0 radical (unpaired) electrons. The maximum Gasteiger partial charge on any atom is 0.335 e. The average molecular weight is 377 g/mol. The maximum atomic E-state index is 12.6. The zero-order valence-corrected chi connectivity index (χ0v) is 15.8. The van der Waals surface area contributed by atoms with E-state index in [9.17, 15) is 19.5 Å². The topological polar surface area (TPSA) is 93.1 Å². The lowest BCUT2D eigenvalue weighted by Crippen LogP contribution is -2.47. The van der Waals surface area contributed by atoms with Crippen LogP contribution in [0.3, 0.4) is 0 Å². The Morgan fingerprint density at radius 2 is 1.52 bits per heavy atom. The normalized spacial score (nSPS) is 15.7. The Morgan fingerprint density at radius 1 is 1.00 bits per heavy atom. The molecule has 1 aliphatic heterocycles. The molecule has 0 spiro atoms. The third kappa shape index (κ3) is 5.14. The van der Waals surface area contributed by atoms with Crippen molar-refractivity contribution in [3.8, 4) is 0 Å². The van der Waals surface area contributed by atoms with E-state index in [0.717, 1.165) is 30.6 Å². The summed E-state index contributed by atoms with van der Waals surface area (Å²) in [5, 5.41) is 9.59. The van der Waals surface area contributed by atoms with Gasteiger partial charge in [0.15, 0.2) is 6.10 Å². The monoisotopic (exact) mass is 377 g/mol. The molecule has 2 atom stereocenters. The molecule has 0 bridgehead atoms. The van der Waals surface area contributed by atoms with Crippen LogP contribution in [0.1, 0.15) is 60.2 Å². The molecule has 1 aliphatic rings. The van der Waals surface area contributed by atoms with Crippen molar-refractivity contribution in [2.45, 2.75) is 51.7 Å². The highest BCUT2D eigenvalue weighted by atomic mass is 16.6. The second kappa shape index (κ2) is 10.2. The second-order valence-corrected chi connectivity index (χ2v) is 6.51. The Kier molecular flexibility index (Phi) is 7.94. The van der Waals surface area contributed by atoms with Gasteiger partial charge in [0.25, 0.3) is 11.8 Å². The Balaban J connectivity index is 2.17. The van der Waals surface area contributed by atoms with Gasteiger partial charge in [0, 0.05) is 13.2 Å². The lowest BCUT2D eigenvalue weighted by molar-refractivity contribution is -0.163. The van der Waals surface area contributed by atoms with Gasteiger partial charge in [-0.3, -0.25) is 14.5 Å². The van der Waals surface area contributed by atoms with E-state index in [0.29, 0.717) is 17.7 Å². The summed E-state index contributed by atoms with van der Waals surface area (Å²) < 4.78 is 11.3. The number of ether oxygens (including phenoxy) is 2. The SMILES string of the molecule is CCCCO[C@@H](CN1C(=O)c2ccccc2C1=O)[C@H](OCCCC)C(=O)O. The van der Waals surface area contributed by atoms with Crippen LogP contribution in [0.5, 0.6) is 0 Å². The van der Waals surface area contributed by atoms with E-state index in [1.54, 1.807) is 24.3 Å². The average Bonchev–Trinajstić information content (AvgIpc) is 2.90. The summed E-state index contributed by atoms with van der Waals surface area (Å²) in [6.45, 7) is 4.44. The Hall–Kier alpha value is -2.25. The highest BCUT2D eigenvalue weighted by Gasteiger charge is 2.40. The summed E-state index contributed by atoms with van der Waals surface area (Å²) in [4.78, 5) is 38.0. The molecule has 0 saturated carbocycles. The van der Waals surface area contributed by atoms with Crippen LogP contribution >= 0.6 is 0 Å². The van der Waals surface area contributed by atoms with Gasteiger partial charge in [0.05, 0.1) is 17.7 Å². The van der Waals surface area contributed by atoms with Crippen molar-refractivity contribution in [2.24, 2.45) is 0 Å².